The topological polar surface area (TPSA) is 47.0 Å². The van der Waals surface area contributed by atoms with E-state index in [-0.39, 0.29) is 5.60 Å². The van der Waals surface area contributed by atoms with Gasteiger partial charge in [0.05, 0.1) is 0 Å². The highest BCUT2D eigenvalue weighted by Gasteiger charge is 2.42. The van der Waals surface area contributed by atoms with Crippen LogP contribution in [0.5, 0.6) is 0 Å². The molecule has 4 nitrogen and oxygen atoms in total. The first kappa shape index (κ1) is 14.4. The highest BCUT2D eigenvalue weighted by molar-refractivity contribution is 5.26. The van der Waals surface area contributed by atoms with Gasteiger partial charge < -0.3 is 10.1 Å². The van der Waals surface area contributed by atoms with Gasteiger partial charge in [0.15, 0.2) is 5.82 Å². The summed E-state index contributed by atoms with van der Waals surface area (Å²) in [6, 6.07) is 0. The van der Waals surface area contributed by atoms with Gasteiger partial charge >= 0.3 is 0 Å². The molecule has 0 radical (unpaired) electrons. The van der Waals surface area contributed by atoms with Crippen molar-refractivity contribution in [3.05, 3.63) is 22.8 Å². The van der Waals surface area contributed by atoms with Gasteiger partial charge in [-0.15, -0.1) is 0 Å². The summed E-state index contributed by atoms with van der Waals surface area (Å²) in [5, 5.41) is 3.18. The Hall–Kier alpha value is -1.00. The molecule has 106 valence electrons. The molecule has 1 N–H and O–H groups in total. The van der Waals surface area contributed by atoms with Gasteiger partial charge in [0, 0.05) is 18.5 Å². The zero-order valence-corrected chi connectivity index (χ0v) is 12.5. The Bertz CT molecular complexity index is 413. The van der Waals surface area contributed by atoms with E-state index < -0.39 is 0 Å². The zero-order valence-electron chi connectivity index (χ0n) is 12.5. The molecule has 1 aromatic heterocycles. The number of methoxy groups -OCH3 is 1. The third-order valence-corrected chi connectivity index (χ3v) is 4.23. The third kappa shape index (κ3) is 2.79. The summed E-state index contributed by atoms with van der Waals surface area (Å²) in [7, 11) is 3.76. The van der Waals surface area contributed by atoms with Crippen LogP contribution < -0.4 is 5.32 Å². The second-order valence-corrected chi connectivity index (χ2v) is 5.46. The van der Waals surface area contributed by atoms with Crippen LogP contribution >= 0.6 is 0 Å². The molecule has 1 aliphatic rings. The number of aromatic nitrogens is 2. The number of hydrogen-bond donors (Lipinski definition) is 1. The molecule has 2 rings (SSSR count). The molecule has 1 aromatic rings. The summed E-state index contributed by atoms with van der Waals surface area (Å²) in [4.78, 5) is 9.44. The lowest BCUT2D eigenvalue weighted by atomic mass is 9.79. The van der Waals surface area contributed by atoms with E-state index in [1.165, 1.54) is 12.0 Å². The summed E-state index contributed by atoms with van der Waals surface area (Å²) >= 11 is 0. The molecular formula is C15H25N3O. The summed E-state index contributed by atoms with van der Waals surface area (Å²) < 4.78 is 5.67. The molecule has 4 heteroatoms. The Balaban J connectivity index is 2.21. The van der Waals surface area contributed by atoms with Gasteiger partial charge in [-0.3, -0.25) is 0 Å². The van der Waals surface area contributed by atoms with Crippen LogP contribution in [0.2, 0.25) is 0 Å². The molecule has 1 heterocycles. The second kappa shape index (κ2) is 5.97. The molecule has 0 unspecified atom stereocenters. The van der Waals surface area contributed by atoms with E-state index in [9.17, 15) is 0 Å². The maximum Gasteiger partial charge on any atom is 0.160 e. The molecule has 0 amide bonds. The molecule has 1 fully saturated rings. The highest BCUT2D eigenvalue weighted by Crippen LogP contribution is 2.42. The number of rotatable bonds is 6. The van der Waals surface area contributed by atoms with E-state index in [1.54, 1.807) is 7.11 Å². The van der Waals surface area contributed by atoms with Gasteiger partial charge in [-0.2, -0.15) is 0 Å². The largest absolute Gasteiger partial charge is 0.370 e. The molecule has 0 bridgehead atoms. The molecule has 0 spiro atoms. The Morgan fingerprint density at radius 2 is 1.84 bits per heavy atom. The fourth-order valence-corrected chi connectivity index (χ4v) is 2.76. The van der Waals surface area contributed by atoms with Gasteiger partial charge in [0.1, 0.15) is 5.60 Å². The van der Waals surface area contributed by atoms with E-state index in [0.29, 0.717) is 0 Å². The Morgan fingerprint density at radius 3 is 2.26 bits per heavy atom. The number of nitrogens with one attached hydrogen (secondary N) is 1. The smallest absolute Gasteiger partial charge is 0.160 e. The van der Waals surface area contributed by atoms with Crippen molar-refractivity contribution in [2.45, 2.75) is 51.6 Å². The fourth-order valence-electron chi connectivity index (χ4n) is 2.76. The first-order valence-electron chi connectivity index (χ1n) is 7.17. The normalized spacial score (nSPS) is 17.3. The number of aryl methyl sites for hydroxylation is 2. The minimum Gasteiger partial charge on any atom is -0.370 e. The predicted octanol–water partition coefficient (Wildman–Crippen LogP) is 2.27. The van der Waals surface area contributed by atoms with E-state index >= 15 is 0 Å². The maximum absolute atomic E-state index is 5.67. The van der Waals surface area contributed by atoms with Gasteiger partial charge in [-0.25, -0.2) is 9.97 Å². The SMILES string of the molecule is CNCCCc1c(C)nc(C2(OC)CCC2)nc1C. The molecule has 0 saturated heterocycles. The van der Waals surface area contributed by atoms with Crippen molar-refractivity contribution in [1.29, 1.82) is 0 Å². The van der Waals surface area contributed by atoms with Crippen molar-refractivity contribution in [3.63, 3.8) is 0 Å². The quantitative estimate of drug-likeness (QED) is 0.800. The average Bonchev–Trinajstić information content (AvgIpc) is 2.32. The maximum atomic E-state index is 5.67. The summed E-state index contributed by atoms with van der Waals surface area (Å²) in [5.41, 5.74) is 3.31. The lowest BCUT2D eigenvalue weighted by Gasteiger charge is -2.39. The molecule has 0 atom stereocenters. The van der Waals surface area contributed by atoms with Crippen LogP contribution in [0.4, 0.5) is 0 Å². The van der Waals surface area contributed by atoms with Crippen molar-refractivity contribution in [1.82, 2.24) is 15.3 Å². The van der Waals surface area contributed by atoms with Crippen molar-refractivity contribution in [2.75, 3.05) is 20.7 Å². The molecule has 0 aromatic carbocycles. The molecule has 1 saturated carbocycles. The minimum atomic E-state index is -0.209. The van der Waals surface area contributed by atoms with Crippen LogP contribution in [0.3, 0.4) is 0 Å². The average molecular weight is 263 g/mol. The van der Waals surface area contributed by atoms with Crippen LogP contribution in [0, 0.1) is 13.8 Å². The first-order valence-corrected chi connectivity index (χ1v) is 7.17. The summed E-state index contributed by atoms with van der Waals surface area (Å²) in [5.74, 6) is 0.883. The van der Waals surface area contributed by atoms with E-state index in [1.807, 2.05) is 7.05 Å². The highest BCUT2D eigenvalue weighted by atomic mass is 16.5. The number of ether oxygens (including phenoxy) is 1. The van der Waals surface area contributed by atoms with E-state index in [2.05, 4.69) is 19.2 Å². The van der Waals surface area contributed by atoms with Crippen LogP contribution in [-0.2, 0) is 16.8 Å². The number of hydrogen-bond acceptors (Lipinski definition) is 4. The third-order valence-electron chi connectivity index (χ3n) is 4.23. The summed E-state index contributed by atoms with van der Waals surface area (Å²) in [6.45, 7) is 5.21. The first-order chi connectivity index (χ1) is 9.13. The van der Waals surface area contributed by atoms with Gasteiger partial charge in [-0.1, -0.05) is 0 Å². The lowest BCUT2D eigenvalue weighted by molar-refractivity contribution is -0.0848. The minimum absolute atomic E-state index is 0.209. The van der Waals surface area contributed by atoms with Crippen LogP contribution in [-0.4, -0.2) is 30.7 Å². The van der Waals surface area contributed by atoms with Gasteiger partial charge in [0.25, 0.3) is 0 Å². The molecule has 19 heavy (non-hydrogen) atoms. The van der Waals surface area contributed by atoms with Crippen molar-refractivity contribution in [2.24, 2.45) is 0 Å². The molecular weight excluding hydrogens is 238 g/mol. The monoisotopic (exact) mass is 263 g/mol. The summed E-state index contributed by atoms with van der Waals surface area (Å²) in [6.07, 6.45) is 5.46. The fraction of sp³-hybridized carbons (Fsp3) is 0.733. The number of nitrogens with zero attached hydrogens (tertiary/aromatic N) is 2. The molecule has 0 aliphatic heterocycles. The lowest BCUT2D eigenvalue weighted by Crippen LogP contribution is -2.38. The van der Waals surface area contributed by atoms with Crippen molar-refractivity contribution >= 4 is 0 Å². The van der Waals surface area contributed by atoms with Crippen molar-refractivity contribution in [3.8, 4) is 0 Å². The Labute approximate surface area is 116 Å². The Kier molecular flexibility index (Phi) is 4.53. The van der Waals surface area contributed by atoms with Gasteiger partial charge in [0.2, 0.25) is 0 Å². The van der Waals surface area contributed by atoms with E-state index in [0.717, 1.165) is 49.4 Å². The molecule has 1 aliphatic carbocycles. The zero-order chi connectivity index (χ0) is 13.9. The van der Waals surface area contributed by atoms with E-state index in [4.69, 9.17) is 14.7 Å². The van der Waals surface area contributed by atoms with Crippen LogP contribution in [0.15, 0.2) is 0 Å². The van der Waals surface area contributed by atoms with Crippen LogP contribution in [0.1, 0.15) is 48.5 Å². The Morgan fingerprint density at radius 1 is 1.21 bits per heavy atom. The second-order valence-electron chi connectivity index (χ2n) is 5.46. The van der Waals surface area contributed by atoms with Crippen molar-refractivity contribution < 1.29 is 4.74 Å². The van der Waals surface area contributed by atoms with Crippen LogP contribution in [0.25, 0.3) is 0 Å². The van der Waals surface area contributed by atoms with Gasteiger partial charge in [-0.05, 0) is 65.1 Å². The standard InChI is InChI=1S/C15H25N3O/c1-11-13(7-5-10-16-3)12(2)18-14(17-11)15(19-4)8-6-9-15/h16H,5-10H2,1-4H3. The predicted molar refractivity (Wildman–Crippen MR) is 76.3 cm³/mol.